The van der Waals surface area contributed by atoms with Crippen molar-refractivity contribution in [2.75, 3.05) is 13.1 Å². The lowest BCUT2D eigenvalue weighted by atomic mass is 9.85. The number of nitrogens with one attached hydrogen (secondary N) is 1. The summed E-state index contributed by atoms with van der Waals surface area (Å²) in [5.41, 5.74) is 1.45. The molecule has 114 valence electrons. The van der Waals surface area contributed by atoms with Gasteiger partial charge in [-0.05, 0) is 55.0 Å². The van der Waals surface area contributed by atoms with Crippen LogP contribution in [0.4, 0.5) is 0 Å². The van der Waals surface area contributed by atoms with E-state index in [0.29, 0.717) is 0 Å². The molecule has 0 aromatic heterocycles. The number of halogens is 1. The Labute approximate surface area is 133 Å². The van der Waals surface area contributed by atoms with E-state index in [1.165, 1.54) is 24.8 Å². The largest absolute Gasteiger partial charge is 0.316 e. The van der Waals surface area contributed by atoms with E-state index in [1.54, 1.807) is 0 Å². The van der Waals surface area contributed by atoms with Gasteiger partial charge in [0.15, 0.2) is 0 Å². The zero-order chi connectivity index (χ0) is 15.0. The zero-order valence-corrected chi connectivity index (χ0v) is 15.0. The smallest absolute Gasteiger partial charge is 0.0175 e. The second-order valence-electron chi connectivity index (χ2n) is 6.41. The van der Waals surface area contributed by atoms with Gasteiger partial charge < -0.3 is 5.32 Å². The second kappa shape index (κ2) is 9.57. The third-order valence-electron chi connectivity index (χ3n) is 3.92. The van der Waals surface area contributed by atoms with Crippen molar-refractivity contribution in [3.05, 3.63) is 34.3 Å². The zero-order valence-electron chi connectivity index (χ0n) is 13.5. The van der Waals surface area contributed by atoms with Crippen molar-refractivity contribution in [3.8, 4) is 0 Å². The summed E-state index contributed by atoms with van der Waals surface area (Å²) in [5, 5.41) is 3.65. The third-order valence-corrected chi connectivity index (χ3v) is 4.45. The van der Waals surface area contributed by atoms with Crippen LogP contribution in [-0.2, 0) is 6.42 Å². The topological polar surface area (TPSA) is 12.0 Å². The molecule has 2 heteroatoms. The molecule has 0 heterocycles. The number of benzene rings is 1. The molecule has 0 aliphatic carbocycles. The molecule has 1 aromatic rings. The lowest BCUT2D eigenvalue weighted by molar-refractivity contribution is 0.313. The van der Waals surface area contributed by atoms with Crippen molar-refractivity contribution in [1.29, 1.82) is 0 Å². The van der Waals surface area contributed by atoms with E-state index in [1.807, 2.05) is 0 Å². The molecule has 0 amide bonds. The standard InChI is InChI=1S/C18H30BrN/c1-5-6-15(4)17(13-20-12-14(2)3)11-16-7-9-18(19)10-8-16/h7-10,14-15,17,20H,5-6,11-13H2,1-4H3. The quantitative estimate of drug-likeness (QED) is 0.644. The first kappa shape index (κ1) is 17.7. The van der Waals surface area contributed by atoms with Gasteiger partial charge in [0.2, 0.25) is 0 Å². The van der Waals surface area contributed by atoms with Crippen molar-refractivity contribution in [2.45, 2.75) is 47.0 Å². The summed E-state index contributed by atoms with van der Waals surface area (Å²) in [6.07, 6.45) is 3.78. The molecule has 1 aromatic carbocycles. The summed E-state index contributed by atoms with van der Waals surface area (Å²) in [7, 11) is 0. The Morgan fingerprint density at radius 3 is 2.25 bits per heavy atom. The number of hydrogen-bond donors (Lipinski definition) is 1. The Hall–Kier alpha value is -0.340. The van der Waals surface area contributed by atoms with Crippen LogP contribution in [0.5, 0.6) is 0 Å². The number of hydrogen-bond acceptors (Lipinski definition) is 1. The van der Waals surface area contributed by atoms with E-state index in [9.17, 15) is 0 Å². The normalized spacial score (nSPS) is 14.5. The fourth-order valence-electron chi connectivity index (χ4n) is 2.65. The molecule has 1 nitrogen and oxygen atoms in total. The Balaban J connectivity index is 2.58. The number of rotatable bonds is 9. The maximum atomic E-state index is 3.65. The summed E-state index contributed by atoms with van der Waals surface area (Å²) in [6.45, 7) is 11.5. The highest BCUT2D eigenvalue weighted by Gasteiger charge is 2.17. The molecular formula is C18H30BrN. The third kappa shape index (κ3) is 6.90. The fourth-order valence-corrected chi connectivity index (χ4v) is 2.91. The van der Waals surface area contributed by atoms with Gasteiger partial charge in [-0.2, -0.15) is 0 Å². The molecule has 2 unspecified atom stereocenters. The Morgan fingerprint density at radius 1 is 1.05 bits per heavy atom. The first-order valence-corrected chi connectivity index (χ1v) is 8.77. The van der Waals surface area contributed by atoms with E-state index in [-0.39, 0.29) is 0 Å². The second-order valence-corrected chi connectivity index (χ2v) is 7.32. The lowest BCUT2D eigenvalue weighted by Crippen LogP contribution is -2.31. The first-order valence-electron chi connectivity index (χ1n) is 7.98. The van der Waals surface area contributed by atoms with Crippen LogP contribution in [0.2, 0.25) is 0 Å². The summed E-state index contributed by atoms with van der Waals surface area (Å²) in [4.78, 5) is 0. The molecule has 0 fully saturated rings. The van der Waals surface area contributed by atoms with Crippen LogP contribution in [0.3, 0.4) is 0 Å². The highest BCUT2D eigenvalue weighted by molar-refractivity contribution is 9.10. The monoisotopic (exact) mass is 339 g/mol. The summed E-state index contributed by atoms with van der Waals surface area (Å²) >= 11 is 3.51. The van der Waals surface area contributed by atoms with Crippen molar-refractivity contribution in [1.82, 2.24) is 5.32 Å². The highest BCUT2D eigenvalue weighted by Crippen LogP contribution is 2.22. The first-order chi connectivity index (χ1) is 9.52. The minimum Gasteiger partial charge on any atom is -0.316 e. The van der Waals surface area contributed by atoms with Crippen LogP contribution in [0, 0.1) is 17.8 Å². The van der Waals surface area contributed by atoms with Crippen LogP contribution >= 0.6 is 15.9 Å². The van der Waals surface area contributed by atoms with E-state index < -0.39 is 0 Å². The van der Waals surface area contributed by atoms with E-state index in [0.717, 1.165) is 35.3 Å². The van der Waals surface area contributed by atoms with E-state index >= 15 is 0 Å². The van der Waals surface area contributed by atoms with Gasteiger partial charge >= 0.3 is 0 Å². The maximum absolute atomic E-state index is 3.65. The van der Waals surface area contributed by atoms with Crippen LogP contribution in [0.15, 0.2) is 28.7 Å². The molecule has 0 saturated carbocycles. The van der Waals surface area contributed by atoms with Crippen molar-refractivity contribution in [3.63, 3.8) is 0 Å². The summed E-state index contributed by atoms with van der Waals surface area (Å²) in [6, 6.07) is 8.80. The van der Waals surface area contributed by atoms with Crippen LogP contribution in [0.25, 0.3) is 0 Å². The molecule has 0 aliphatic heterocycles. The average molecular weight is 340 g/mol. The molecule has 0 aliphatic rings. The van der Waals surface area contributed by atoms with Crippen molar-refractivity contribution in [2.24, 2.45) is 17.8 Å². The lowest BCUT2D eigenvalue weighted by Gasteiger charge is -2.25. The van der Waals surface area contributed by atoms with Gasteiger partial charge in [-0.15, -0.1) is 0 Å². The SMILES string of the molecule is CCCC(C)C(CNCC(C)C)Cc1ccc(Br)cc1. The molecule has 0 radical (unpaired) electrons. The van der Waals surface area contributed by atoms with Crippen LogP contribution in [0.1, 0.15) is 46.1 Å². The molecule has 0 bridgehead atoms. The van der Waals surface area contributed by atoms with Gasteiger partial charge in [0, 0.05) is 4.47 Å². The van der Waals surface area contributed by atoms with Gasteiger partial charge in [0.1, 0.15) is 0 Å². The molecule has 0 saturated heterocycles. The molecule has 1 rings (SSSR count). The highest BCUT2D eigenvalue weighted by atomic mass is 79.9. The Morgan fingerprint density at radius 2 is 1.70 bits per heavy atom. The molecule has 2 atom stereocenters. The van der Waals surface area contributed by atoms with Gasteiger partial charge in [0.05, 0.1) is 0 Å². The minimum absolute atomic E-state index is 0.727. The molecule has 0 spiro atoms. The van der Waals surface area contributed by atoms with Gasteiger partial charge in [-0.3, -0.25) is 0 Å². The van der Waals surface area contributed by atoms with Gasteiger partial charge in [0.25, 0.3) is 0 Å². The van der Waals surface area contributed by atoms with Gasteiger partial charge in [-0.25, -0.2) is 0 Å². The van der Waals surface area contributed by atoms with Crippen LogP contribution < -0.4 is 5.32 Å². The van der Waals surface area contributed by atoms with Crippen molar-refractivity contribution >= 4 is 15.9 Å². The fraction of sp³-hybridized carbons (Fsp3) is 0.667. The molecule has 20 heavy (non-hydrogen) atoms. The van der Waals surface area contributed by atoms with Crippen LogP contribution in [-0.4, -0.2) is 13.1 Å². The Bertz CT molecular complexity index is 358. The maximum Gasteiger partial charge on any atom is 0.0175 e. The van der Waals surface area contributed by atoms with Gasteiger partial charge in [-0.1, -0.05) is 68.6 Å². The Kier molecular flexibility index (Phi) is 8.47. The summed E-state index contributed by atoms with van der Waals surface area (Å²) < 4.78 is 1.16. The molecular weight excluding hydrogens is 310 g/mol. The van der Waals surface area contributed by atoms with E-state index in [4.69, 9.17) is 0 Å². The average Bonchev–Trinajstić information content (AvgIpc) is 2.40. The van der Waals surface area contributed by atoms with Crippen molar-refractivity contribution < 1.29 is 0 Å². The van der Waals surface area contributed by atoms with E-state index in [2.05, 4.69) is 73.2 Å². The predicted octanol–water partition coefficient (Wildman–Crippen LogP) is 5.29. The summed E-state index contributed by atoms with van der Waals surface area (Å²) in [5.74, 6) is 2.24. The predicted molar refractivity (Wildman–Crippen MR) is 93.1 cm³/mol. The minimum atomic E-state index is 0.727. The molecule has 1 N–H and O–H groups in total.